The quantitative estimate of drug-likeness (QED) is 0.437. The average Bonchev–Trinajstić information content (AvgIpc) is 3.46. The van der Waals surface area contributed by atoms with Crippen LogP contribution in [0.2, 0.25) is 0 Å². The summed E-state index contributed by atoms with van der Waals surface area (Å²) < 4.78 is 13.2. The highest BCUT2D eigenvalue weighted by Gasteiger charge is 2.31. The summed E-state index contributed by atoms with van der Waals surface area (Å²) in [6.07, 6.45) is 5.11. The fourth-order valence-electron chi connectivity index (χ4n) is 4.92. The summed E-state index contributed by atoms with van der Waals surface area (Å²) in [6, 6.07) is 14.1. The van der Waals surface area contributed by atoms with Gasteiger partial charge in [0.25, 0.3) is 0 Å². The van der Waals surface area contributed by atoms with E-state index < -0.39 is 0 Å². The Hall–Kier alpha value is -2.95. The normalized spacial score (nSPS) is 14.7. The van der Waals surface area contributed by atoms with Crippen LogP contribution < -0.4 is 9.47 Å². The molecule has 1 unspecified atom stereocenters. The molecule has 2 aromatic carbocycles. The van der Waals surface area contributed by atoms with Crippen molar-refractivity contribution in [3.63, 3.8) is 0 Å². The number of fused-ring (bicyclic) bond motifs is 1. The molecule has 1 amide bonds. The third-order valence-corrected chi connectivity index (χ3v) is 6.67. The molecule has 1 atom stereocenters. The number of ether oxygens (including phenoxy) is 2. The zero-order valence-electron chi connectivity index (χ0n) is 19.7. The fourth-order valence-corrected chi connectivity index (χ4v) is 4.92. The standard InChI is InChI=1S/C27H34N2O3/c1-5-6-9-25(27(30)28-16-7-8-17-28)29-24-15-14-22(32-4)18-23(24)19(2)26(29)20-10-12-21(31-3)13-11-20/h10-15,18,25H,5-9,16-17H2,1-4H3. The molecular weight excluding hydrogens is 400 g/mol. The SMILES string of the molecule is CCCCC(C(=O)N1CCCC1)n1c(-c2ccc(OC)cc2)c(C)c2cc(OC)ccc21. The molecule has 5 heteroatoms. The van der Waals surface area contributed by atoms with Gasteiger partial charge >= 0.3 is 0 Å². The van der Waals surface area contributed by atoms with Gasteiger partial charge in [-0.2, -0.15) is 0 Å². The molecule has 32 heavy (non-hydrogen) atoms. The lowest BCUT2D eigenvalue weighted by atomic mass is 10.0. The molecule has 170 valence electrons. The second kappa shape index (κ2) is 9.68. The van der Waals surface area contributed by atoms with E-state index >= 15 is 0 Å². The van der Waals surface area contributed by atoms with Crippen molar-refractivity contribution in [2.75, 3.05) is 27.3 Å². The van der Waals surface area contributed by atoms with Crippen LogP contribution >= 0.6 is 0 Å². The number of rotatable bonds is 8. The number of aryl methyl sites for hydroxylation is 1. The predicted molar refractivity (Wildman–Crippen MR) is 130 cm³/mol. The molecule has 1 fully saturated rings. The lowest BCUT2D eigenvalue weighted by molar-refractivity contribution is -0.133. The molecule has 1 aromatic heterocycles. The highest BCUT2D eigenvalue weighted by Crippen LogP contribution is 2.40. The number of unbranched alkanes of at least 4 members (excludes halogenated alkanes) is 1. The summed E-state index contributed by atoms with van der Waals surface area (Å²) in [7, 11) is 3.37. The maximum atomic E-state index is 13.8. The number of methoxy groups -OCH3 is 2. The molecule has 0 N–H and O–H groups in total. The fraction of sp³-hybridized carbons (Fsp3) is 0.444. The smallest absolute Gasteiger partial charge is 0.245 e. The predicted octanol–water partition coefficient (Wildman–Crippen LogP) is 5.99. The van der Waals surface area contributed by atoms with E-state index in [1.165, 1.54) is 5.56 Å². The van der Waals surface area contributed by atoms with E-state index in [2.05, 4.69) is 47.6 Å². The molecular formula is C27H34N2O3. The Kier molecular flexibility index (Phi) is 6.73. The zero-order chi connectivity index (χ0) is 22.7. The molecule has 0 saturated carbocycles. The summed E-state index contributed by atoms with van der Waals surface area (Å²) in [4.78, 5) is 15.8. The van der Waals surface area contributed by atoms with Gasteiger partial charge in [-0.15, -0.1) is 0 Å². The number of amides is 1. The number of likely N-dealkylation sites (tertiary alicyclic amines) is 1. The van der Waals surface area contributed by atoms with Crippen molar-refractivity contribution >= 4 is 16.8 Å². The van der Waals surface area contributed by atoms with Gasteiger partial charge in [-0.1, -0.05) is 19.8 Å². The van der Waals surface area contributed by atoms with E-state index in [9.17, 15) is 4.79 Å². The number of hydrogen-bond donors (Lipinski definition) is 0. The minimum Gasteiger partial charge on any atom is -0.497 e. The van der Waals surface area contributed by atoms with Crippen molar-refractivity contribution in [1.29, 1.82) is 0 Å². The number of benzene rings is 2. The first kappa shape index (κ1) is 22.3. The van der Waals surface area contributed by atoms with E-state index in [1.54, 1.807) is 14.2 Å². The Labute approximate surface area is 190 Å². The number of carbonyl (C=O) groups excluding carboxylic acids is 1. The van der Waals surface area contributed by atoms with Gasteiger partial charge < -0.3 is 18.9 Å². The second-order valence-corrected chi connectivity index (χ2v) is 8.65. The minimum absolute atomic E-state index is 0.213. The summed E-state index contributed by atoms with van der Waals surface area (Å²) in [5, 5.41) is 1.13. The van der Waals surface area contributed by atoms with Crippen LogP contribution in [0.5, 0.6) is 11.5 Å². The van der Waals surface area contributed by atoms with Gasteiger partial charge in [0.05, 0.1) is 19.9 Å². The maximum Gasteiger partial charge on any atom is 0.245 e. The Morgan fingerprint density at radius 2 is 1.66 bits per heavy atom. The van der Waals surface area contributed by atoms with E-state index in [4.69, 9.17) is 9.47 Å². The van der Waals surface area contributed by atoms with Crippen LogP contribution in [0.3, 0.4) is 0 Å². The molecule has 0 bridgehead atoms. The van der Waals surface area contributed by atoms with Gasteiger partial charge in [0.2, 0.25) is 5.91 Å². The van der Waals surface area contributed by atoms with E-state index in [0.29, 0.717) is 0 Å². The highest BCUT2D eigenvalue weighted by molar-refractivity contribution is 5.95. The lowest BCUT2D eigenvalue weighted by Crippen LogP contribution is -2.35. The molecule has 0 radical (unpaired) electrons. The van der Waals surface area contributed by atoms with Crippen LogP contribution in [0.4, 0.5) is 0 Å². The first-order valence-corrected chi connectivity index (χ1v) is 11.7. The van der Waals surface area contributed by atoms with E-state index in [-0.39, 0.29) is 11.9 Å². The number of carbonyl (C=O) groups is 1. The van der Waals surface area contributed by atoms with Crippen LogP contribution in [-0.4, -0.2) is 42.7 Å². The first-order chi connectivity index (χ1) is 15.6. The second-order valence-electron chi connectivity index (χ2n) is 8.65. The van der Waals surface area contributed by atoms with Crippen molar-refractivity contribution in [3.05, 3.63) is 48.0 Å². The van der Waals surface area contributed by atoms with Crippen LogP contribution in [-0.2, 0) is 4.79 Å². The highest BCUT2D eigenvalue weighted by atomic mass is 16.5. The molecule has 0 spiro atoms. The molecule has 1 aliphatic heterocycles. The van der Waals surface area contributed by atoms with Crippen molar-refractivity contribution in [2.45, 2.75) is 52.0 Å². The van der Waals surface area contributed by atoms with E-state index in [0.717, 1.165) is 78.9 Å². The Bertz CT molecular complexity index is 1080. The maximum absolute atomic E-state index is 13.8. The van der Waals surface area contributed by atoms with Crippen molar-refractivity contribution < 1.29 is 14.3 Å². The largest absolute Gasteiger partial charge is 0.497 e. The van der Waals surface area contributed by atoms with Gasteiger partial charge in [0.15, 0.2) is 0 Å². The average molecular weight is 435 g/mol. The van der Waals surface area contributed by atoms with Gasteiger partial charge in [-0.05, 0) is 79.8 Å². The van der Waals surface area contributed by atoms with Crippen LogP contribution in [0, 0.1) is 6.92 Å². The minimum atomic E-state index is -0.213. The Balaban J connectivity index is 1.93. The summed E-state index contributed by atoms with van der Waals surface area (Å²) in [5.74, 6) is 1.90. The van der Waals surface area contributed by atoms with Gasteiger partial charge in [-0.25, -0.2) is 0 Å². The number of hydrogen-bond acceptors (Lipinski definition) is 3. The summed E-state index contributed by atoms with van der Waals surface area (Å²) in [5.41, 5.74) is 4.45. The molecule has 2 heterocycles. The zero-order valence-corrected chi connectivity index (χ0v) is 19.7. The number of nitrogens with zero attached hydrogens (tertiary/aromatic N) is 2. The van der Waals surface area contributed by atoms with Gasteiger partial charge in [0.1, 0.15) is 17.5 Å². The third-order valence-electron chi connectivity index (χ3n) is 6.67. The van der Waals surface area contributed by atoms with Crippen molar-refractivity contribution in [1.82, 2.24) is 9.47 Å². The lowest BCUT2D eigenvalue weighted by Gasteiger charge is -2.27. The van der Waals surface area contributed by atoms with E-state index in [1.807, 2.05) is 18.2 Å². The van der Waals surface area contributed by atoms with Crippen LogP contribution in [0.25, 0.3) is 22.2 Å². The molecule has 0 aliphatic carbocycles. The Morgan fingerprint density at radius 1 is 1.00 bits per heavy atom. The van der Waals surface area contributed by atoms with Crippen LogP contribution in [0.15, 0.2) is 42.5 Å². The van der Waals surface area contributed by atoms with Gasteiger partial charge in [-0.3, -0.25) is 4.79 Å². The summed E-state index contributed by atoms with van der Waals surface area (Å²) >= 11 is 0. The molecule has 4 rings (SSSR count). The molecule has 1 aliphatic rings. The molecule has 5 nitrogen and oxygen atoms in total. The molecule has 3 aromatic rings. The third kappa shape index (κ3) is 4.08. The monoisotopic (exact) mass is 434 g/mol. The van der Waals surface area contributed by atoms with Crippen LogP contribution in [0.1, 0.15) is 50.6 Å². The van der Waals surface area contributed by atoms with Crippen molar-refractivity contribution in [2.24, 2.45) is 0 Å². The first-order valence-electron chi connectivity index (χ1n) is 11.7. The van der Waals surface area contributed by atoms with Gasteiger partial charge in [0, 0.05) is 24.0 Å². The topological polar surface area (TPSA) is 43.7 Å². The summed E-state index contributed by atoms with van der Waals surface area (Å²) in [6.45, 7) is 6.07. The number of aromatic nitrogens is 1. The van der Waals surface area contributed by atoms with Crippen molar-refractivity contribution in [3.8, 4) is 22.8 Å². The molecule has 1 saturated heterocycles. The Morgan fingerprint density at radius 3 is 2.28 bits per heavy atom.